The Kier molecular flexibility index (Phi) is 5.25. The second kappa shape index (κ2) is 5.38. The molecule has 0 aromatic rings. The number of nitrogens with zero attached hydrogens (tertiary/aromatic N) is 1. The minimum absolute atomic E-state index is 0.465. The second-order valence-electron chi connectivity index (χ2n) is 2.90. The summed E-state index contributed by atoms with van der Waals surface area (Å²) in [6.07, 6.45) is 0. The summed E-state index contributed by atoms with van der Waals surface area (Å²) in [6.45, 7) is 10.0. The third-order valence-corrected chi connectivity index (χ3v) is 2.70. The summed E-state index contributed by atoms with van der Waals surface area (Å²) >= 11 is 5.19. The van der Waals surface area contributed by atoms with Crippen LogP contribution in [0.1, 0.15) is 20.8 Å². The van der Waals surface area contributed by atoms with Gasteiger partial charge in [-0.15, -0.1) is 0 Å². The van der Waals surface area contributed by atoms with E-state index in [2.05, 4.69) is 26.1 Å². The van der Waals surface area contributed by atoms with Gasteiger partial charge in [-0.3, -0.25) is 10.1 Å². The molecule has 0 aliphatic rings. The van der Waals surface area contributed by atoms with Crippen LogP contribution in [0, 0.1) is 0 Å². The fourth-order valence-electron chi connectivity index (χ4n) is 1.24. The zero-order valence-electron chi connectivity index (χ0n) is 8.06. The largest absolute Gasteiger partial charge is 0.318 e. The van der Waals surface area contributed by atoms with Gasteiger partial charge < -0.3 is 4.48 Å². The monoisotopic (exact) mass is 193 g/mol. The van der Waals surface area contributed by atoms with Crippen molar-refractivity contribution in [2.24, 2.45) is 0 Å². The lowest BCUT2D eigenvalue weighted by Gasteiger charge is -2.35. The van der Waals surface area contributed by atoms with Gasteiger partial charge >= 0.3 is 5.37 Å². The number of carbonyl (C=O) groups is 1. The van der Waals surface area contributed by atoms with Crippen molar-refractivity contribution in [3.8, 4) is 0 Å². The summed E-state index contributed by atoms with van der Waals surface area (Å²) in [4.78, 5) is 10.5. The van der Waals surface area contributed by atoms with E-state index in [1.165, 1.54) is 0 Å². The lowest BCUT2D eigenvalue weighted by atomic mass is 10.4. The Morgan fingerprint density at radius 3 is 1.92 bits per heavy atom. The van der Waals surface area contributed by atoms with Gasteiger partial charge in [0, 0.05) is 0 Å². The Hall–Kier alpha value is -0.280. The van der Waals surface area contributed by atoms with Crippen LogP contribution in [0.5, 0.6) is 0 Å². The molecule has 0 saturated heterocycles. The van der Waals surface area contributed by atoms with Crippen LogP contribution in [-0.4, -0.2) is 36.2 Å². The van der Waals surface area contributed by atoms with Crippen LogP contribution < -0.4 is 5.32 Å². The fourth-order valence-corrected chi connectivity index (χ4v) is 1.30. The molecule has 0 atom stereocenters. The van der Waals surface area contributed by atoms with Crippen LogP contribution in [0.4, 0.5) is 4.79 Å². The van der Waals surface area contributed by atoms with E-state index in [0.29, 0.717) is 6.67 Å². The van der Waals surface area contributed by atoms with E-state index in [1.807, 2.05) is 0 Å². The number of nitrogens with one attached hydrogen (secondary N) is 1. The standard InChI is InChI=1S/C8H17ClN2O/c1-4-11(5-2,6-3)7-10-8(9)12/h4-7H2,1-3H3/p+1. The van der Waals surface area contributed by atoms with Crippen molar-refractivity contribution >= 4 is 17.0 Å². The summed E-state index contributed by atoms with van der Waals surface area (Å²) in [5.74, 6) is 0. The topological polar surface area (TPSA) is 29.1 Å². The molecule has 0 radical (unpaired) electrons. The van der Waals surface area contributed by atoms with Gasteiger partial charge in [-0.1, -0.05) is 0 Å². The summed E-state index contributed by atoms with van der Waals surface area (Å²) < 4.78 is 0.887. The molecule has 12 heavy (non-hydrogen) atoms. The number of amides is 1. The highest BCUT2D eigenvalue weighted by atomic mass is 35.5. The molecule has 0 aliphatic heterocycles. The quantitative estimate of drug-likeness (QED) is 0.307. The van der Waals surface area contributed by atoms with Crippen LogP contribution in [0.2, 0.25) is 0 Å². The minimum Gasteiger partial charge on any atom is -0.307 e. The first-order valence-corrected chi connectivity index (χ1v) is 4.76. The molecule has 0 fully saturated rings. The van der Waals surface area contributed by atoms with Gasteiger partial charge in [0.2, 0.25) is 0 Å². The van der Waals surface area contributed by atoms with E-state index < -0.39 is 5.37 Å². The average Bonchev–Trinajstić information content (AvgIpc) is 2.08. The van der Waals surface area contributed by atoms with E-state index >= 15 is 0 Å². The van der Waals surface area contributed by atoms with Crippen molar-refractivity contribution in [3.63, 3.8) is 0 Å². The predicted molar refractivity (Wildman–Crippen MR) is 51.1 cm³/mol. The third kappa shape index (κ3) is 3.41. The lowest BCUT2D eigenvalue weighted by molar-refractivity contribution is -0.924. The van der Waals surface area contributed by atoms with E-state index in [-0.39, 0.29) is 0 Å². The Bertz CT molecular complexity index is 138. The first-order chi connectivity index (χ1) is 5.60. The van der Waals surface area contributed by atoms with Gasteiger partial charge in [0.15, 0.2) is 6.67 Å². The number of hydrogen-bond acceptors (Lipinski definition) is 1. The zero-order valence-corrected chi connectivity index (χ0v) is 8.82. The van der Waals surface area contributed by atoms with Gasteiger partial charge in [0.1, 0.15) is 0 Å². The van der Waals surface area contributed by atoms with Crippen molar-refractivity contribution in [3.05, 3.63) is 0 Å². The predicted octanol–water partition coefficient (Wildman–Crippen LogP) is 1.77. The van der Waals surface area contributed by atoms with Crippen LogP contribution >= 0.6 is 11.6 Å². The van der Waals surface area contributed by atoms with Crippen LogP contribution in [0.3, 0.4) is 0 Å². The highest BCUT2D eigenvalue weighted by molar-refractivity contribution is 6.62. The van der Waals surface area contributed by atoms with Gasteiger partial charge in [0.05, 0.1) is 19.6 Å². The Labute approximate surface area is 79.3 Å². The number of carbonyl (C=O) groups excluding carboxylic acids is 1. The maximum Gasteiger partial charge on any atom is 0.318 e. The zero-order chi connectivity index (χ0) is 9.61. The fraction of sp³-hybridized carbons (Fsp3) is 0.875. The van der Waals surface area contributed by atoms with Crippen LogP contribution in [-0.2, 0) is 0 Å². The van der Waals surface area contributed by atoms with Crippen molar-refractivity contribution in [1.29, 1.82) is 0 Å². The molecule has 0 spiro atoms. The van der Waals surface area contributed by atoms with Crippen molar-refractivity contribution in [2.75, 3.05) is 26.3 Å². The van der Waals surface area contributed by atoms with Gasteiger partial charge in [0.25, 0.3) is 0 Å². The van der Waals surface area contributed by atoms with Crippen molar-refractivity contribution in [1.82, 2.24) is 5.32 Å². The first kappa shape index (κ1) is 11.7. The average molecular weight is 194 g/mol. The normalized spacial score (nSPS) is 11.3. The molecule has 0 heterocycles. The SMILES string of the molecule is CC[N+](CC)(CC)CNC(=O)Cl. The number of hydrogen-bond donors (Lipinski definition) is 1. The molecule has 1 amide bonds. The number of rotatable bonds is 5. The highest BCUT2D eigenvalue weighted by Gasteiger charge is 2.20. The van der Waals surface area contributed by atoms with Gasteiger partial charge in [-0.25, -0.2) is 0 Å². The molecule has 0 aliphatic carbocycles. The number of quaternary nitrogens is 1. The van der Waals surface area contributed by atoms with Crippen LogP contribution in [0.25, 0.3) is 0 Å². The van der Waals surface area contributed by atoms with Crippen LogP contribution in [0.15, 0.2) is 0 Å². The molecule has 0 bridgehead atoms. The van der Waals surface area contributed by atoms with Gasteiger partial charge in [-0.05, 0) is 32.4 Å². The molecule has 0 rings (SSSR count). The Morgan fingerprint density at radius 1 is 1.25 bits per heavy atom. The summed E-state index contributed by atoms with van der Waals surface area (Å²) in [5, 5.41) is 2.17. The highest BCUT2D eigenvalue weighted by Crippen LogP contribution is 2.03. The molecule has 3 nitrogen and oxygen atoms in total. The molecule has 4 heteroatoms. The smallest absolute Gasteiger partial charge is 0.307 e. The van der Waals surface area contributed by atoms with E-state index in [1.54, 1.807) is 0 Å². The van der Waals surface area contributed by atoms with E-state index in [4.69, 9.17) is 11.6 Å². The van der Waals surface area contributed by atoms with E-state index in [9.17, 15) is 4.79 Å². The van der Waals surface area contributed by atoms with Gasteiger partial charge in [-0.2, -0.15) is 0 Å². The lowest BCUT2D eigenvalue weighted by Crippen LogP contribution is -2.53. The second-order valence-corrected chi connectivity index (χ2v) is 3.24. The summed E-state index contributed by atoms with van der Waals surface area (Å²) in [5.41, 5.74) is 0. The molecule has 0 saturated carbocycles. The summed E-state index contributed by atoms with van der Waals surface area (Å²) in [6, 6.07) is 0. The summed E-state index contributed by atoms with van der Waals surface area (Å²) in [7, 11) is 0. The molecule has 1 N–H and O–H groups in total. The minimum atomic E-state index is -0.465. The molecule has 0 unspecified atom stereocenters. The Balaban J connectivity index is 4.01. The van der Waals surface area contributed by atoms with E-state index in [0.717, 1.165) is 24.1 Å². The van der Waals surface area contributed by atoms with Crippen molar-refractivity contribution < 1.29 is 9.28 Å². The number of halogens is 1. The molecular weight excluding hydrogens is 176 g/mol. The third-order valence-electron chi connectivity index (χ3n) is 2.57. The Morgan fingerprint density at radius 2 is 1.67 bits per heavy atom. The first-order valence-electron chi connectivity index (χ1n) is 4.38. The molecule has 0 aromatic heterocycles. The molecule has 0 aromatic carbocycles. The van der Waals surface area contributed by atoms with Crippen molar-refractivity contribution in [2.45, 2.75) is 20.8 Å². The maximum atomic E-state index is 10.5. The molecular formula is C8H18ClN2O+. The maximum absolute atomic E-state index is 10.5. The molecule has 72 valence electrons.